The molecule has 5 heteroatoms. The van der Waals surface area contributed by atoms with E-state index in [0.717, 1.165) is 36.8 Å². The summed E-state index contributed by atoms with van der Waals surface area (Å²) in [7, 11) is 0. The molecule has 162 valence electrons. The molecular weight excluding hydrogens is 380 g/mol. The second kappa shape index (κ2) is 7.44. The highest BCUT2D eigenvalue weighted by Crippen LogP contribution is 2.63. The van der Waals surface area contributed by atoms with Crippen molar-refractivity contribution in [3.05, 3.63) is 47.5 Å². The molecule has 0 aromatic carbocycles. The molecule has 5 unspecified atom stereocenters. The number of fused-ring (bicyclic) bond motifs is 3. The fourth-order valence-electron chi connectivity index (χ4n) is 6.32. The summed E-state index contributed by atoms with van der Waals surface area (Å²) >= 11 is 0. The largest absolute Gasteiger partial charge is 0.472 e. The van der Waals surface area contributed by atoms with Crippen molar-refractivity contribution < 1.29 is 23.5 Å². The number of ether oxygens (including phenoxy) is 2. The van der Waals surface area contributed by atoms with Crippen LogP contribution in [-0.2, 0) is 19.1 Å². The number of hydrogen-bond donors (Lipinski definition) is 0. The van der Waals surface area contributed by atoms with Crippen LogP contribution in [0.4, 0.5) is 0 Å². The van der Waals surface area contributed by atoms with Crippen molar-refractivity contribution in [1.29, 1.82) is 0 Å². The molecule has 30 heavy (non-hydrogen) atoms. The van der Waals surface area contributed by atoms with Crippen LogP contribution in [-0.4, -0.2) is 18.0 Å². The van der Waals surface area contributed by atoms with E-state index in [1.165, 1.54) is 6.08 Å². The minimum absolute atomic E-state index is 0.00254. The third kappa shape index (κ3) is 3.52. The van der Waals surface area contributed by atoms with Gasteiger partial charge in [-0.25, -0.2) is 9.59 Å². The predicted molar refractivity (Wildman–Crippen MR) is 112 cm³/mol. The zero-order valence-electron chi connectivity index (χ0n) is 18.6. The van der Waals surface area contributed by atoms with E-state index >= 15 is 0 Å². The molecule has 1 aliphatic heterocycles. The van der Waals surface area contributed by atoms with Crippen LogP contribution in [0, 0.1) is 22.7 Å². The summed E-state index contributed by atoms with van der Waals surface area (Å²) in [5.41, 5.74) is 2.31. The smallest absolute Gasteiger partial charge is 0.334 e. The SMILES string of the molecule is CC(C)=CC(=O)OC1C=C2C(=O)OC(c3ccoc3)CC2C2(C)CCCC(C)(C)C12. The van der Waals surface area contributed by atoms with Gasteiger partial charge in [0, 0.05) is 29.0 Å². The fourth-order valence-corrected chi connectivity index (χ4v) is 6.32. The fraction of sp³-hybridized carbons (Fsp3) is 0.600. The van der Waals surface area contributed by atoms with E-state index in [9.17, 15) is 9.59 Å². The average molecular weight is 413 g/mol. The van der Waals surface area contributed by atoms with E-state index < -0.39 is 6.10 Å². The summed E-state index contributed by atoms with van der Waals surface area (Å²) in [6, 6.07) is 1.87. The maximum absolute atomic E-state index is 13.0. The molecule has 1 aromatic heterocycles. The Hall–Kier alpha value is -2.30. The summed E-state index contributed by atoms with van der Waals surface area (Å²) < 4.78 is 17.0. The molecule has 3 aliphatic rings. The Bertz CT molecular complexity index is 887. The molecule has 0 spiro atoms. The summed E-state index contributed by atoms with van der Waals surface area (Å²) in [6.45, 7) is 10.6. The third-order valence-electron chi connectivity index (χ3n) is 7.44. The second-order valence-corrected chi connectivity index (χ2v) is 10.3. The van der Waals surface area contributed by atoms with Gasteiger partial charge in [0.15, 0.2) is 0 Å². The van der Waals surface area contributed by atoms with Crippen LogP contribution >= 0.6 is 0 Å². The molecule has 2 heterocycles. The quantitative estimate of drug-likeness (QED) is 0.482. The minimum atomic E-state index is -0.433. The van der Waals surface area contributed by atoms with Crippen LogP contribution in [0.15, 0.2) is 46.3 Å². The van der Waals surface area contributed by atoms with Gasteiger partial charge in [-0.2, -0.15) is 0 Å². The number of hydrogen-bond acceptors (Lipinski definition) is 5. The van der Waals surface area contributed by atoms with Crippen LogP contribution in [0.2, 0.25) is 0 Å². The normalized spacial score (nSPS) is 34.7. The Labute approximate surface area is 178 Å². The molecule has 2 fully saturated rings. The molecule has 4 rings (SSSR count). The van der Waals surface area contributed by atoms with Gasteiger partial charge in [0.1, 0.15) is 12.2 Å². The van der Waals surface area contributed by atoms with Crippen LogP contribution in [0.1, 0.15) is 72.0 Å². The zero-order valence-corrected chi connectivity index (χ0v) is 18.6. The van der Waals surface area contributed by atoms with E-state index in [-0.39, 0.29) is 40.7 Å². The number of rotatable bonds is 3. The lowest BCUT2D eigenvalue weighted by molar-refractivity contribution is -0.171. The topological polar surface area (TPSA) is 65.7 Å². The van der Waals surface area contributed by atoms with Crippen molar-refractivity contribution in [3.8, 4) is 0 Å². The highest BCUT2D eigenvalue weighted by molar-refractivity contribution is 5.91. The molecule has 5 nitrogen and oxygen atoms in total. The summed E-state index contributed by atoms with van der Waals surface area (Å²) in [5, 5.41) is 0. The molecule has 5 atom stereocenters. The molecule has 0 bridgehead atoms. The van der Waals surface area contributed by atoms with Crippen molar-refractivity contribution in [3.63, 3.8) is 0 Å². The van der Waals surface area contributed by atoms with Crippen molar-refractivity contribution in [2.45, 2.75) is 72.5 Å². The first kappa shape index (κ1) is 21.0. The van der Waals surface area contributed by atoms with Crippen molar-refractivity contribution in [2.75, 3.05) is 0 Å². The van der Waals surface area contributed by atoms with E-state index in [4.69, 9.17) is 13.9 Å². The molecule has 1 aromatic rings. The van der Waals surface area contributed by atoms with E-state index in [0.29, 0.717) is 5.57 Å². The Morgan fingerprint density at radius 2 is 2.00 bits per heavy atom. The van der Waals surface area contributed by atoms with Crippen LogP contribution in [0.5, 0.6) is 0 Å². The van der Waals surface area contributed by atoms with Gasteiger partial charge >= 0.3 is 11.9 Å². The van der Waals surface area contributed by atoms with Gasteiger partial charge < -0.3 is 13.9 Å². The van der Waals surface area contributed by atoms with Crippen molar-refractivity contribution >= 4 is 11.9 Å². The molecule has 1 saturated carbocycles. The van der Waals surface area contributed by atoms with Crippen molar-refractivity contribution in [1.82, 2.24) is 0 Å². The van der Waals surface area contributed by atoms with Gasteiger partial charge in [-0.05, 0) is 56.1 Å². The Balaban J connectivity index is 1.75. The van der Waals surface area contributed by atoms with Gasteiger partial charge in [0.25, 0.3) is 0 Å². The maximum atomic E-state index is 13.0. The lowest BCUT2D eigenvalue weighted by Crippen LogP contribution is -2.57. The first-order chi connectivity index (χ1) is 14.1. The molecule has 1 saturated heterocycles. The number of carbonyl (C=O) groups is 2. The number of cyclic esters (lactones) is 1. The number of carbonyl (C=O) groups excluding carboxylic acids is 2. The molecule has 0 amide bonds. The van der Waals surface area contributed by atoms with Crippen molar-refractivity contribution in [2.24, 2.45) is 22.7 Å². The molecule has 0 N–H and O–H groups in total. The Kier molecular flexibility index (Phi) is 5.19. The molecule has 2 aliphatic carbocycles. The highest BCUT2D eigenvalue weighted by atomic mass is 16.6. The first-order valence-electron chi connectivity index (χ1n) is 10.9. The van der Waals surface area contributed by atoms with Gasteiger partial charge in [0.05, 0.1) is 12.5 Å². The lowest BCUT2D eigenvalue weighted by Gasteiger charge is -2.59. The van der Waals surface area contributed by atoms with Crippen LogP contribution < -0.4 is 0 Å². The number of furan rings is 1. The summed E-state index contributed by atoms with van der Waals surface area (Å²) in [6.07, 6.45) is 9.86. The Morgan fingerprint density at radius 1 is 1.23 bits per heavy atom. The van der Waals surface area contributed by atoms with E-state index in [1.54, 1.807) is 12.5 Å². The first-order valence-corrected chi connectivity index (χ1v) is 10.9. The molecule has 0 radical (unpaired) electrons. The highest BCUT2D eigenvalue weighted by Gasteiger charge is 2.59. The third-order valence-corrected chi connectivity index (χ3v) is 7.44. The van der Waals surface area contributed by atoms with Gasteiger partial charge in [-0.1, -0.05) is 32.8 Å². The average Bonchev–Trinajstić information content (AvgIpc) is 3.15. The number of allylic oxidation sites excluding steroid dienone is 1. The number of esters is 2. The minimum Gasteiger partial charge on any atom is -0.472 e. The van der Waals surface area contributed by atoms with Crippen LogP contribution in [0.25, 0.3) is 0 Å². The standard InChI is InChI=1S/C25H32O5/c1-15(2)11-21(26)29-20-12-17-18(25(5)9-6-8-24(3,4)22(20)25)13-19(30-23(17)27)16-7-10-28-14-16/h7,10-12,14,18-20,22H,6,8-9,13H2,1-5H3. The van der Waals surface area contributed by atoms with Crippen LogP contribution in [0.3, 0.4) is 0 Å². The van der Waals surface area contributed by atoms with Gasteiger partial charge in [-0.15, -0.1) is 0 Å². The molecular formula is C25H32O5. The summed E-state index contributed by atoms with van der Waals surface area (Å²) in [5.74, 6) is -0.442. The van der Waals surface area contributed by atoms with E-state index in [2.05, 4.69) is 20.8 Å². The Morgan fingerprint density at radius 3 is 2.67 bits per heavy atom. The predicted octanol–water partition coefficient (Wildman–Crippen LogP) is 5.53. The van der Waals surface area contributed by atoms with Gasteiger partial charge in [-0.3, -0.25) is 0 Å². The van der Waals surface area contributed by atoms with E-state index in [1.807, 2.05) is 26.0 Å². The monoisotopic (exact) mass is 412 g/mol. The summed E-state index contributed by atoms with van der Waals surface area (Å²) in [4.78, 5) is 25.6. The zero-order chi connectivity index (χ0) is 21.7. The second-order valence-electron chi connectivity index (χ2n) is 10.3. The van der Waals surface area contributed by atoms with Gasteiger partial charge in [0.2, 0.25) is 0 Å². The maximum Gasteiger partial charge on any atom is 0.334 e. The lowest BCUT2D eigenvalue weighted by atomic mass is 9.47.